The van der Waals surface area contributed by atoms with Crippen LogP contribution in [0.4, 0.5) is 16.0 Å². The van der Waals surface area contributed by atoms with Crippen LogP contribution < -0.4 is 10.9 Å². The van der Waals surface area contributed by atoms with Gasteiger partial charge in [0.2, 0.25) is 5.95 Å². The lowest BCUT2D eigenvalue weighted by Crippen LogP contribution is -2.29. The molecule has 0 unspecified atom stereocenters. The maximum atomic E-state index is 14.3. The zero-order valence-corrected chi connectivity index (χ0v) is 23.7. The Kier molecular flexibility index (Phi) is 7.51. The lowest BCUT2D eigenvalue weighted by atomic mass is 9.89. The van der Waals surface area contributed by atoms with Crippen molar-refractivity contribution in [3.05, 3.63) is 99.8 Å². The van der Waals surface area contributed by atoms with Gasteiger partial charge in [-0.15, -0.1) is 0 Å². The maximum Gasteiger partial charge on any atom is 0.260 e. The van der Waals surface area contributed by atoms with E-state index in [1.54, 1.807) is 35.0 Å². The topological polar surface area (TPSA) is 75.9 Å². The van der Waals surface area contributed by atoms with Crippen LogP contribution in [0, 0.1) is 5.82 Å². The third kappa shape index (κ3) is 5.45. The fraction of sp³-hybridized carbons (Fsp3) is 0.250. The Hall–Kier alpha value is -4.14. The number of likely N-dealkylation sites (tertiary alicyclic amines) is 1. The highest BCUT2D eigenvalue weighted by Crippen LogP contribution is 2.33. The van der Waals surface area contributed by atoms with Gasteiger partial charge < -0.3 is 10.2 Å². The second-order valence-corrected chi connectivity index (χ2v) is 10.8. The summed E-state index contributed by atoms with van der Waals surface area (Å²) in [5.74, 6) is 0.565. The first-order valence-electron chi connectivity index (χ1n) is 13.8. The standard InChI is InChI=1S/C32H30ClFN6O/c1-3-40-30-23(17-26(31(40)41)25-11-8-22(18-27(25)33)29-28(34)5-4-14-35-29)19-36-32(38-30)37-24-9-6-20(7-10-24)21-12-15-39(2)16-13-21/h4-11,14,17-19,21H,3,12-13,15-16H2,1-2H3,(H,36,37,38). The van der Waals surface area contributed by atoms with Crippen LogP contribution in [-0.2, 0) is 6.54 Å². The van der Waals surface area contributed by atoms with Crippen LogP contribution in [0.5, 0.6) is 0 Å². The van der Waals surface area contributed by atoms with Gasteiger partial charge in [0.25, 0.3) is 5.56 Å². The molecule has 41 heavy (non-hydrogen) atoms. The van der Waals surface area contributed by atoms with Crippen molar-refractivity contribution >= 4 is 34.3 Å². The molecule has 1 N–H and O–H groups in total. The van der Waals surface area contributed by atoms with Crippen LogP contribution in [0.15, 0.2) is 77.9 Å². The van der Waals surface area contributed by atoms with Gasteiger partial charge in [0.15, 0.2) is 0 Å². The Morgan fingerprint density at radius 1 is 1.02 bits per heavy atom. The van der Waals surface area contributed by atoms with Crippen molar-refractivity contribution in [3.63, 3.8) is 0 Å². The Labute approximate surface area is 242 Å². The number of anilines is 2. The van der Waals surface area contributed by atoms with Crippen molar-refractivity contribution < 1.29 is 4.39 Å². The SMILES string of the molecule is CCn1c(=O)c(-c2ccc(-c3ncccc3F)cc2Cl)cc2cnc(Nc3ccc(C4CCN(C)CC4)cc3)nc21. The van der Waals surface area contributed by atoms with E-state index in [0.717, 1.165) is 18.8 Å². The number of aromatic nitrogens is 4. The van der Waals surface area contributed by atoms with Gasteiger partial charge in [0.1, 0.15) is 17.2 Å². The molecule has 0 spiro atoms. The predicted molar refractivity (Wildman–Crippen MR) is 162 cm³/mol. The zero-order chi connectivity index (χ0) is 28.5. The van der Waals surface area contributed by atoms with E-state index in [1.807, 2.05) is 6.92 Å². The summed E-state index contributed by atoms with van der Waals surface area (Å²) in [5, 5.41) is 4.32. The van der Waals surface area contributed by atoms with Crippen LogP contribution >= 0.6 is 11.6 Å². The van der Waals surface area contributed by atoms with Gasteiger partial charge in [-0.3, -0.25) is 14.3 Å². The number of rotatable bonds is 6. The van der Waals surface area contributed by atoms with Crippen molar-refractivity contribution in [1.29, 1.82) is 0 Å². The van der Waals surface area contributed by atoms with Crippen LogP contribution in [-0.4, -0.2) is 44.6 Å². The summed E-state index contributed by atoms with van der Waals surface area (Å²) in [5.41, 5.74) is 4.27. The largest absolute Gasteiger partial charge is 0.324 e. The molecule has 208 valence electrons. The number of nitrogens with one attached hydrogen (secondary N) is 1. The molecule has 1 aliphatic heterocycles. The third-order valence-electron chi connectivity index (χ3n) is 7.79. The van der Waals surface area contributed by atoms with Crippen molar-refractivity contribution in [3.8, 4) is 22.4 Å². The number of fused-ring (bicyclic) bond motifs is 1. The van der Waals surface area contributed by atoms with Crippen molar-refractivity contribution in [2.45, 2.75) is 32.2 Å². The minimum absolute atomic E-state index is 0.204. The fourth-order valence-electron chi connectivity index (χ4n) is 5.49. The highest BCUT2D eigenvalue weighted by Gasteiger charge is 2.19. The van der Waals surface area contributed by atoms with Crippen molar-refractivity contribution in [2.75, 3.05) is 25.5 Å². The van der Waals surface area contributed by atoms with E-state index in [2.05, 4.69) is 51.5 Å². The van der Waals surface area contributed by atoms with Gasteiger partial charge in [-0.2, -0.15) is 4.98 Å². The molecule has 9 heteroatoms. The quantitative estimate of drug-likeness (QED) is 0.240. The van der Waals surface area contributed by atoms with E-state index in [-0.39, 0.29) is 11.3 Å². The van der Waals surface area contributed by atoms with Crippen LogP contribution in [0.1, 0.15) is 31.2 Å². The Morgan fingerprint density at radius 3 is 2.51 bits per heavy atom. The van der Waals surface area contributed by atoms with Crippen molar-refractivity contribution in [2.24, 2.45) is 0 Å². The molecule has 0 aliphatic carbocycles. The van der Waals surface area contributed by atoms with E-state index in [0.29, 0.717) is 51.2 Å². The van der Waals surface area contributed by atoms with Gasteiger partial charge >= 0.3 is 0 Å². The van der Waals surface area contributed by atoms with E-state index < -0.39 is 5.82 Å². The molecule has 3 aromatic heterocycles. The second kappa shape index (κ2) is 11.4. The molecular weight excluding hydrogens is 539 g/mol. The summed E-state index contributed by atoms with van der Waals surface area (Å²) < 4.78 is 15.9. The van der Waals surface area contributed by atoms with Crippen molar-refractivity contribution in [1.82, 2.24) is 24.4 Å². The summed E-state index contributed by atoms with van der Waals surface area (Å²) in [7, 11) is 2.17. The Morgan fingerprint density at radius 2 is 1.80 bits per heavy atom. The van der Waals surface area contributed by atoms with Crippen LogP contribution in [0.2, 0.25) is 5.02 Å². The Balaban J connectivity index is 1.29. The van der Waals surface area contributed by atoms with Crippen LogP contribution in [0.3, 0.4) is 0 Å². The molecule has 0 radical (unpaired) electrons. The van der Waals surface area contributed by atoms with E-state index in [4.69, 9.17) is 16.6 Å². The van der Waals surface area contributed by atoms with E-state index in [9.17, 15) is 9.18 Å². The molecule has 5 aromatic rings. The number of benzene rings is 2. The molecule has 0 atom stereocenters. The number of pyridine rings is 2. The molecule has 1 fully saturated rings. The molecule has 6 rings (SSSR count). The molecule has 7 nitrogen and oxygen atoms in total. The molecule has 4 heterocycles. The summed E-state index contributed by atoms with van der Waals surface area (Å²) in [6.45, 7) is 4.56. The van der Waals surface area contributed by atoms with Gasteiger partial charge in [0, 0.05) is 51.7 Å². The summed E-state index contributed by atoms with van der Waals surface area (Å²) in [4.78, 5) is 29.3. The van der Waals surface area contributed by atoms with E-state index >= 15 is 0 Å². The first-order chi connectivity index (χ1) is 19.9. The minimum atomic E-state index is -0.440. The number of nitrogens with zero attached hydrogens (tertiary/aromatic N) is 5. The average Bonchev–Trinajstić information content (AvgIpc) is 2.98. The number of hydrogen-bond acceptors (Lipinski definition) is 6. The zero-order valence-electron chi connectivity index (χ0n) is 22.9. The average molecular weight is 569 g/mol. The lowest BCUT2D eigenvalue weighted by molar-refractivity contribution is 0.255. The number of piperidine rings is 1. The molecule has 0 saturated carbocycles. The minimum Gasteiger partial charge on any atom is -0.324 e. The summed E-state index contributed by atoms with van der Waals surface area (Å²) in [6.07, 6.45) is 5.58. The van der Waals surface area contributed by atoms with Gasteiger partial charge in [0.05, 0.1) is 0 Å². The summed E-state index contributed by atoms with van der Waals surface area (Å²) in [6, 6.07) is 18.2. The smallest absolute Gasteiger partial charge is 0.260 e. The Bertz CT molecular complexity index is 1780. The normalized spacial score (nSPS) is 14.4. The first kappa shape index (κ1) is 27.1. The van der Waals surface area contributed by atoms with Gasteiger partial charge in [-0.1, -0.05) is 35.9 Å². The second-order valence-electron chi connectivity index (χ2n) is 10.4. The number of aryl methyl sites for hydroxylation is 1. The number of halogens is 2. The molecular formula is C32H30ClFN6O. The van der Waals surface area contributed by atoms with Gasteiger partial charge in [-0.05, 0) is 87.8 Å². The monoisotopic (exact) mass is 568 g/mol. The van der Waals surface area contributed by atoms with Gasteiger partial charge in [-0.25, -0.2) is 9.37 Å². The third-order valence-corrected chi connectivity index (χ3v) is 8.10. The molecule has 1 aliphatic rings. The molecule has 2 aromatic carbocycles. The number of hydrogen-bond donors (Lipinski definition) is 1. The molecule has 1 saturated heterocycles. The highest BCUT2D eigenvalue weighted by atomic mass is 35.5. The summed E-state index contributed by atoms with van der Waals surface area (Å²) >= 11 is 6.63. The molecule has 0 amide bonds. The fourth-order valence-corrected chi connectivity index (χ4v) is 5.78. The predicted octanol–water partition coefficient (Wildman–Crippen LogP) is 6.89. The maximum absolute atomic E-state index is 14.3. The molecule has 0 bridgehead atoms. The van der Waals surface area contributed by atoms with E-state index in [1.165, 1.54) is 36.7 Å². The van der Waals surface area contributed by atoms with Crippen LogP contribution in [0.25, 0.3) is 33.4 Å². The first-order valence-corrected chi connectivity index (χ1v) is 14.2. The lowest BCUT2D eigenvalue weighted by Gasteiger charge is -2.29. The highest BCUT2D eigenvalue weighted by molar-refractivity contribution is 6.33.